The Kier molecular flexibility index (Phi) is 34.9. The quantitative estimate of drug-likeness (QED) is 0.282. The van der Waals surface area contributed by atoms with Crippen molar-refractivity contribution in [2.24, 2.45) is 11.8 Å². The van der Waals surface area contributed by atoms with Crippen LogP contribution >= 0.6 is 0 Å². The first kappa shape index (κ1) is 37.7. The molecule has 0 radical (unpaired) electrons. The van der Waals surface area contributed by atoms with Crippen LogP contribution in [0.15, 0.2) is 11.8 Å². The van der Waals surface area contributed by atoms with Crippen molar-refractivity contribution in [3.63, 3.8) is 0 Å². The van der Waals surface area contributed by atoms with Crippen LogP contribution in [0.4, 0.5) is 0 Å². The fourth-order valence-corrected chi connectivity index (χ4v) is 4.56. The van der Waals surface area contributed by atoms with E-state index in [0.29, 0.717) is 11.8 Å². The number of rotatable bonds is 5. The maximum atomic E-state index is 7.50. The molecule has 8 nitrogen and oxygen atoms in total. The van der Waals surface area contributed by atoms with Gasteiger partial charge >= 0.3 is 179 Å². The van der Waals surface area contributed by atoms with Crippen molar-refractivity contribution in [3.8, 4) is 0 Å². The molecule has 0 unspecified atom stereocenters. The summed E-state index contributed by atoms with van der Waals surface area (Å²) in [5.41, 5.74) is 0. The SMILES string of the molecule is CO[C](=[W])[C@H]1[C@@H](OC)C=C(O[Si](C)(C)C)C[C@@H]1C.[C-]#[O+].[C-]#[O+].[C-]#[O+].[C-]#[O+].[C-]#[O+]. The fourth-order valence-electron chi connectivity index (χ4n) is 2.31. The van der Waals surface area contributed by atoms with Crippen LogP contribution in [0.1, 0.15) is 13.3 Å². The van der Waals surface area contributed by atoms with Crippen molar-refractivity contribution in [2.75, 3.05) is 14.2 Å². The fraction of sp³-hybridized carbons (Fsp3) is 0.556. The molecule has 0 aromatic carbocycles. The molecule has 0 bridgehead atoms. The van der Waals surface area contributed by atoms with Crippen LogP contribution in [0, 0.1) is 45.1 Å². The Morgan fingerprint density at radius 3 is 1.64 bits per heavy atom. The van der Waals surface area contributed by atoms with Crippen LogP contribution in [0.2, 0.25) is 19.6 Å². The van der Waals surface area contributed by atoms with E-state index in [1.165, 1.54) is 19.4 Å². The molecule has 3 atom stereocenters. The van der Waals surface area contributed by atoms with Crippen LogP contribution < -0.4 is 0 Å². The van der Waals surface area contributed by atoms with E-state index in [1.807, 2.05) is 0 Å². The van der Waals surface area contributed by atoms with E-state index in [1.54, 1.807) is 14.2 Å². The first-order chi connectivity index (χ1) is 13.3. The molecular formula is C18H24O8SiW. The Balaban J connectivity index is -0.000000153. The van der Waals surface area contributed by atoms with E-state index in [-0.39, 0.29) is 6.10 Å². The van der Waals surface area contributed by atoms with Crippen LogP contribution in [0.3, 0.4) is 0 Å². The average Bonchev–Trinajstić information content (AvgIpc) is 2.73. The molecule has 10 heteroatoms. The molecule has 0 saturated heterocycles. The Morgan fingerprint density at radius 1 is 0.964 bits per heavy atom. The Hall–Kier alpha value is -1.06. The van der Waals surface area contributed by atoms with Crippen molar-refractivity contribution in [3.05, 3.63) is 45.1 Å². The predicted molar refractivity (Wildman–Crippen MR) is 92.2 cm³/mol. The summed E-state index contributed by atoms with van der Waals surface area (Å²) in [7, 11) is 1.98. The zero-order valence-electron chi connectivity index (χ0n) is 16.7. The van der Waals surface area contributed by atoms with E-state index >= 15 is 0 Å². The average molecular weight is 580 g/mol. The second-order valence-electron chi connectivity index (χ2n) is 5.78. The summed E-state index contributed by atoms with van der Waals surface area (Å²) in [6.07, 6.45) is 3.20. The van der Waals surface area contributed by atoms with Gasteiger partial charge in [-0.15, -0.1) is 0 Å². The van der Waals surface area contributed by atoms with E-state index in [0.717, 1.165) is 16.3 Å². The number of methoxy groups -OCH3 is 2. The summed E-state index contributed by atoms with van der Waals surface area (Å²) in [5, 5.41) is 0. The number of ether oxygens (including phenoxy) is 2. The minimum absolute atomic E-state index is 0.0764. The van der Waals surface area contributed by atoms with Gasteiger partial charge in [0.25, 0.3) is 0 Å². The molecule has 0 heterocycles. The van der Waals surface area contributed by atoms with Crippen molar-refractivity contribution >= 4 is 12.4 Å². The topological polar surface area (TPSA) is 127 Å². The molecule has 28 heavy (non-hydrogen) atoms. The van der Waals surface area contributed by atoms with E-state index in [9.17, 15) is 0 Å². The second-order valence-corrected chi connectivity index (χ2v) is 11.7. The third-order valence-corrected chi connectivity index (χ3v) is 5.47. The van der Waals surface area contributed by atoms with Gasteiger partial charge in [0.1, 0.15) is 0 Å². The minimum atomic E-state index is -1.53. The zero-order chi connectivity index (χ0) is 23.9. The van der Waals surface area contributed by atoms with Gasteiger partial charge in [0.15, 0.2) is 0 Å². The normalized spacial score (nSPS) is 18.9. The Bertz CT molecular complexity index is 494. The van der Waals surface area contributed by atoms with Crippen molar-refractivity contribution in [1.29, 1.82) is 0 Å². The van der Waals surface area contributed by atoms with Gasteiger partial charge in [-0.1, -0.05) is 0 Å². The Labute approximate surface area is 179 Å². The summed E-state index contributed by atoms with van der Waals surface area (Å²) in [6, 6.07) is 0. The van der Waals surface area contributed by atoms with Gasteiger partial charge in [0, 0.05) is 0 Å². The molecule has 0 amide bonds. The monoisotopic (exact) mass is 580 g/mol. The molecule has 154 valence electrons. The first-order valence-electron chi connectivity index (χ1n) is 7.31. The van der Waals surface area contributed by atoms with Crippen LogP contribution in [-0.4, -0.2) is 32.7 Å². The molecule has 1 aliphatic rings. The molecule has 0 fully saturated rings. The van der Waals surface area contributed by atoms with E-state index < -0.39 is 8.32 Å². The first-order valence-corrected chi connectivity index (χ1v) is 12.2. The van der Waals surface area contributed by atoms with Crippen LogP contribution in [0.25, 0.3) is 0 Å². The van der Waals surface area contributed by atoms with Crippen LogP contribution in [0.5, 0.6) is 0 Å². The van der Waals surface area contributed by atoms with E-state index in [2.05, 4.69) is 65.9 Å². The van der Waals surface area contributed by atoms with Crippen molar-refractivity contribution in [1.82, 2.24) is 0 Å². The predicted octanol–water partition coefficient (Wildman–Crippen LogP) is 2.53. The van der Waals surface area contributed by atoms with Gasteiger partial charge in [-0.3, -0.25) is 0 Å². The second kappa shape index (κ2) is 25.9. The summed E-state index contributed by atoms with van der Waals surface area (Å²) >= 11 is 1.38. The van der Waals surface area contributed by atoms with Crippen molar-refractivity contribution < 1.29 is 56.5 Å². The summed E-state index contributed by atoms with van der Waals surface area (Å²) < 4.78 is 55.8. The summed E-state index contributed by atoms with van der Waals surface area (Å²) in [5.74, 6) is 1.95. The molecule has 1 rings (SSSR count). The van der Waals surface area contributed by atoms with Gasteiger partial charge in [-0.25, -0.2) is 0 Å². The molecule has 0 aromatic heterocycles. The van der Waals surface area contributed by atoms with Gasteiger partial charge in [-0.2, -0.15) is 0 Å². The molecule has 0 spiro atoms. The Morgan fingerprint density at radius 2 is 1.36 bits per heavy atom. The molecule has 0 saturated carbocycles. The van der Waals surface area contributed by atoms with Crippen LogP contribution in [-0.2, 0) is 56.5 Å². The number of hydrogen-bond acceptors (Lipinski definition) is 3. The molecule has 0 aromatic rings. The van der Waals surface area contributed by atoms with Gasteiger partial charge in [0.05, 0.1) is 0 Å². The summed E-state index contributed by atoms with van der Waals surface area (Å²) in [6.45, 7) is 31.4. The van der Waals surface area contributed by atoms with Gasteiger partial charge < -0.3 is 0 Å². The van der Waals surface area contributed by atoms with E-state index in [4.69, 9.17) is 37.2 Å². The molecular weight excluding hydrogens is 556 g/mol. The summed E-state index contributed by atoms with van der Waals surface area (Å²) in [4.78, 5) is 0. The molecule has 1 aliphatic carbocycles. The number of allylic oxidation sites excluding steroid dienone is 1. The molecule has 0 aliphatic heterocycles. The van der Waals surface area contributed by atoms with Gasteiger partial charge in [-0.05, 0) is 0 Å². The zero-order valence-corrected chi connectivity index (χ0v) is 20.6. The standard InChI is InChI=1S/C13H24O3Si.5CO.W/c1-10-7-11(16-17(4,5)6)8-13(15-3)12(10)9-14-2;5*1-2;/h8,10,12-13H,7H2,1-6H3;;;;;;/t10-,12+,13-;;;;;;/m0....../s1. The third kappa shape index (κ3) is 18.3. The molecule has 0 N–H and O–H groups in total. The van der Waals surface area contributed by atoms with Gasteiger partial charge in [0.2, 0.25) is 0 Å². The number of hydrogen-bond donors (Lipinski definition) is 0. The third-order valence-electron chi connectivity index (χ3n) is 3.02. The van der Waals surface area contributed by atoms with Crippen molar-refractivity contribution in [2.45, 2.75) is 39.1 Å². The maximum absolute atomic E-state index is 7.50.